The van der Waals surface area contributed by atoms with E-state index in [1.54, 1.807) is 25.1 Å². The molecule has 0 radical (unpaired) electrons. The van der Waals surface area contributed by atoms with Crippen LogP contribution in [0.25, 0.3) is 0 Å². The number of hydrogen-bond acceptors (Lipinski definition) is 1. The quantitative estimate of drug-likeness (QED) is 0.900. The van der Waals surface area contributed by atoms with E-state index < -0.39 is 17.8 Å². The first kappa shape index (κ1) is 13.2. The normalized spacial score (nSPS) is 11.9. The van der Waals surface area contributed by atoms with Gasteiger partial charge in [-0.3, -0.25) is 4.79 Å². The summed E-state index contributed by atoms with van der Waals surface area (Å²) < 4.78 is 26.5. The van der Waals surface area contributed by atoms with E-state index in [4.69, 9.17) is 0 Å². The largest absolute Gasteiger partial charge is 0.345 e. The molecule has 0 aliphatic carbocycles. The Kier molecular flexibility index (Phi) is 3.90. The first-order chi connectivity index (χ1) is 9.08. The van der Waals surface area contributed by atoms with Crippen LogP contribution in [-0.4, -0.2) is 5.91 Å². The molecule has 0 spiro atoms. The predicted octanol–water partition coefficient (Wildman–Crippen LogP) is 3.46. The molecular formula is C15H13F2NO. The maximum Gasteiger partial charge on any atom is 0.254 e. The summed E-state index contributed by atoms with van der Waals surface area (Å²) in [7, 11) is 0. The van der Waals surface area contributed by atoms with Gasteiger partial charge in [0.15, 0.2) is 0 Å². The summed E-state index contributed by atoms with van der Waals surface area (Å²) in [5.41, 5.74) is 0.607. The fraction of sp³-hybridized carbons (Fsp3) is 0.133. The van der Waals surface area contributed by atoms with Gasteiger partial charge in [0, 0.05) is 0 Å². The Labute approximate surface area is 110 Å². The molecule has 19 heavy (non-hydrogen) atoms. The zero-order valence-corrected chi connectivity index (χ0v) is 10.4. The molecular weight excluding hydrogens is 248 g/mol. The van der Waals surface area contributed by atoms with Gasteiger partial charge in [-0.05, 0) is 36.8 Å². The van der Waals surface area contributed by atoms with Gasteiger partial charge in [0.1, 0.15) is 11.6 Å². The molecule has 4 heteroatoms. The third-order valence-corrected chi connectivity index (χ3v) is 2.81. The van der Waals surface area contributed by atoms with Crippen molar-refractivity contribution in [1.82, 2.24) is 5.32 Å². The summed E-state index contributed by atoms with van der Waals surface area (Å²) in [6, 6.07) is 11.3. The van der Waals surface area contributed by atoms with Crippen LogP contribution in [0.5, 0.6) is 0 Å². The van der Waals surface area contributed by atoms with Gasteiger partial charge in [-0.15, -0.1) is 0 Å². The molecule has 1 atom stereocenters. The Morgan fingerprint density at radius 3 is 2.53 bits per heavy atom. The molecule has 0 aliphatic rings. The van der Waals surface area contributed by atoms with Crippen molar-refractivity contribution in [3.05, 3.63) is 71.3 Å². The molecule has 0 bridgehead atoms. The lowest BCUT2D eigenvalue weighted by Crippen LogP contribution is -2.27. The highest BCUT2D eigenvalue weighted by Crippen LogP contribution is 2.15. The molecule has 0 heterocycles. The van der Waals surface area contributed by atoms with Crippen LogP contribution in [-0.2, 0) is 0 Å². The number of halogens is 2. The Morgan fingerprint density at radius 2 is 1.84 bits per heavy atom. The topological polar surface area (TPSA) is 29.1 Å². The van der Waals surface area contributed by atoms with Gasteiger partial charge in [0.2, 0.25) is 0 Å². The lowest BCUT2D eigenvalue weighted by Gasteiger charge is -2.14. The number of nitrogens with one attached hydrogen (secondary N) is 1. The fourth-order valence-corrected chi connectivity index (χ4v) is 1.78. The maximum atomic E-state index is 13.4. The van der Waals surface area contributed by atoms with E-state index in [2.05, 4.69) is 5.32 Å². The van der Waals surface area contributed by atoms with Crippen molar-refractivity contribution < 1.29 is 13.6 Å². The molecule has 0 saturated heterocycles. The van der Waals surface area contributed by atoms with Crippen molar-refractivity contribution in [2.45, 2.75) is 13.0 Å². The third kappa shape index (κ3) is 3.16. The fourth-order valence-electron chi connectivity index (χ4n) is 1.78. The van der Waals surface area contributed by atoms with E-state index in [0.717, 1.165) is 0 Å². The molecule has 0 aliphatic heterocycles. The monoisotopic (exact) mass is 261 g/mol. The van der Waals surface area contributed by atoms with Gasteiger partial charge in [0.25, 0.3) is 5.91 Å². The molecule has 1 N–H and O–H groups in total. The lowest BCUT2D eigenvalue weighted by molar-refractivity contribution is 0.0935. The molecule has 2 aromatic rings. The average molecular weight is 261 g/mol. The summed E-state index contributed by atoms with van der Waals surface area (Å²) in [5, 5.41) is 2.63. The van der Waals surface area contributed by atoms with Crippen molar-refractivity contribution in [2.24, 2.45) is 0 Å². The van der Waals surface area contributed by atoms with E-state index in [9.17, 15) is 13.6 Å². The molecule has 98 valence electrons. The van der Waals surface area contributed by atoms with Crippen LogP contribution >= 0.6 is 0 Å². The zero-order chi connectivity index (χ0) is 13.8. The second kappa shape index (κ2) is 5.61. The molecule has 0 saturated carbocycles. The van der Waals surface area contributed by atoms with Gasteiger partial charge in [-0.25, -0.2) is 8.78 Å². The van der Waals surface area contributed by atoms with Crippen LogP contribution in [0.2, 0.25) is 0 Å². The number of carbonyl (C=O) groups is 1. The van der Waals surface area contributed by atoms with Crippen LogP contribution in [0.4, 0.5) is 8.78 Å². The standard InChI is InChI=1S/C15H13F2NO/c1-10(11-5-4-6-12(16)9-11)18-15(19)13-7-2-3-8-14(13)17/h2-10H,1H3,(H,18,19). The summed E-state index contributed by atoms with van der Waals surface area (Å²) in [4.78, 5) is 11.9. The summed E-state index contributed by atoms with van der Waals surface area (Å²) in [6.45, 7) is 1.72. The molecule has 0 aromatic heterocycles. The number of hydrogen-bond donors (Lipinski definition) is 1. The highest BCUT2D eigenvalue weighted by molar-refractivity contribution is 5.94. The van der Waals surface area contributed by atoms with E-state index in [1.165, 1.54) is 30.3 Å². The molecule has 2 rings (SSSR count). The minimum absolute atomic E-state index is 0.0225. The first-order valence-corrected chi connectivity index (χ1v) is 5.89. The molecule has 2 aromatic carbocycles. The molecule has 1 unspecified atom stereocenters. The smallest absolute Gasteiger partial charge is 0.254 e. The van der Waals surface area contributed by atoms with Gasteiger partial charge in [-0.2, -0.15) is 0 Å². The average Bonchev–Trinajstić information content (AvgIpc) is 2.39. The third-order valence-electron chi connectivity index (χ3n) is 2.81. The number of rotatable bonds is 3. The van der Waals surface area contributed by atoms with Crippen molar-refractivity contribution >= 4 is 5.91 Å². The van der Waals surface area contributed by atoms with Gasteiger partial charge >= 0.3 is 0 Å². The van der Waals surface area contributed by atoms with Crippen molar-refractivity contribution in [2.75, 3.05) is 0 Å². The molecule has 2 nitrogen and oxygen atoms in total. The minimum Gasteiger partial charge on any atom is -0.345 e. The SMILES string of the molecule is CC(NC(=O)c1ccccc1F)c1cccc(F)c1. The number of carbonyl (C=O) groups excluding carboxylic acids is 1. The van der Waals surface area contributed by atoms with Crippen molar-refractivity contribution in [3.63, 3.8) is 0 Å². The van der Waals surface area contributed by atoms with Gasteiger partial charge < -0.3 is 5.32 Å². The Morgan fingerprint density at radius 1 is 1.11 bits per heavy atom. The van der Waals surface area contributed by atoms with Crippen LogP contribution < -0.4 is 5.32 Å². The highest BCUT2D eigenvalue weighted by atomic mass is 19.1. The zero-order valence-electron chi connectivity index (χ0n) is 10.4. The van der Waals surface area contributed by atoms with E-state index in [0.29, 0.717) is 5.56 Å². The van der Waals surface area contributed by atoms with Crippen LogP contribution in [0, 0.1) is 11.6 Å². The van der Waals surface area contributed by atoms with Gasteiger partial charge in [-0.1, -0.05) is 24.3 Å². The van der Waals surface area contributed by atoms with E-state index in [-0.39, 0.29) is 11.4 Å². The van der Waals surface area contributed by atoms with Crippen molar-refractivity contribution in [3.8, 4) is 0 Å². The van der Waals surface area contributed by atoms with Crippen LogP contribution in [0.1, 0.15) is 28.9 Å². The molecule has 1 amide bonds. The van der Waals surface area contributed by atoms with E-state index in [1.807, 2.05) is 0 Å². The minimum atomic E-state index is -0.577. The van der Waals surface area contributed by atoms with Gasteiger partial charge in [0.05, 0.1) is 11.6 Å². The Bertz CT molecular complexity index is 598. The predicted molar refractivity (Wildman–Crippen MR) is 68.7 cm³/mol. The second-order valence-electron chi connectivity index (χ2n) is 4.23. The number of amides is 1. The lowest BCUT2D eigenvalue weighted by atomic mass is 10.1. The summed E-state index contributed by atoms with van der Waals surface area (Å²) in [6.07, 6.45) is 0. The van der Waals surface area contributed by atoms with E-state index >= 15 is 0 Å². The Balaban J connectivity index is 2.13. The second-order valence-corrected chi connectivity index (χ2v) is 4.23. The number of benzene rings is 2. The first-order valence-electron chi connectivity index (χ1n) is 5.89. The maximum absolute atomic E-state index is 13.4. The summed E-state index contributed by atoms with van der Waals surface area (Å²) >= 11 is 0. The van der Waals surface area contributed by atoms with Crippen LogP contribution in [0.15, 0.2) is 48.5 Å². The Hall–Kier alpha value is -2.23. The molecule has 0 fully saturated rings. The highest BCUT2D eigenvalue weighted by Gasteiger charge is 2.14. The van der Waals surface area contributed by atoms with Crippen molar-refractivity contribution in [1.29, 1.82) is 0 Å². The summed E-state index contributed by atoms with van der Waals surface area (Å²) in [5.74, 6) is -1.47. The van der Waals surface area contributed by atoms with Crippen LogP contribution in [0.3, 0.4) is 0 Å².